The predicted octanol–water partition coefficient (Wildman–Crippen LogP) is 2.69. The Morgan fingerprint density at radius 2 is 1.82 bits per heavy atom. The average Bonchev–Trinajstić information content (AvgIpc) is 2.13. The maximum atomic E-state index is 11.6. The van der Waals surface area contributed by atoms with Crippen LogP contribution in [0.2, 0.25) is 0 Å². The van der Waals surface area contributed by atoms with E-state index < -0.39 is 0 Å². The molecule has 0 saturated heterocycles. The highest BCUT2D eigenvalue weighted by Gasteiger charge is 2.14. The van der Waals surface area contributed by atoms with Crippen molar-refractivity contribution in [3.63, 3.8) is 0 Å². The summed E-state index contributed by atoms with van der Waals surface area (Å²) >= 11 is 0. The Morgan fingerprint density at radius 1 is 1.24 bits per heavy atom. The smallest absolute Gasteiger partial charge is 0.236 e. The highest BCUT2D eigenvalue weighted by atomic mass is 16.2. The lowest BCUT2D eigenvalue weighted by atomic mass is 9.90. The third kappa shape index (κ3) is 10.3. The van der Waals surface area contributed by atoms with E-state index in [4.69, 9.17) is 5.73 Å². The van der Waals surface area contributed by atoms with Crippen LogP contribution in [0, 0.1) is 11.3 Å². The van der Waals surface area contributed by atoms with Crippen LogP contribution in [-0.2, 0) is 4.79 Å². The highest BCUT2D eigenvalue weighted by Crippen LogP contribution is 2.21. The van der Waals surface area contributed by atoms with Gasteiger partial charge < -0.3 is 11.1 Å². The fraction of sp³-hybridized carbons (Fsp3) is 0.929. The Bertz CT molecular complexity index is 219. The van der Waals surface area contributed by atoms with Gasteiger partial charge in [-0.25, -0.2) is 0 Å². The lowest BCUT2D eigenvalue weighted by Crippen LogP contribution is -2.41. The van der Waals surface area contributed by atoms with Crippen molar-refractivity contribution in [2.45, 2.75) is 66.3 Å². The Morgan fingerprint density at radius 3 is 2.29 bits per heavy atom. The summed E-state index contributed by atoms with van der Waals surface area (Å²) < 4.78 is 0. The van der Waals surface area contributed by atoms with E-state index in [1.165, 1.54) is 6.42 Å². The zero-order valence-corrected chi connectivity index (χ0v) is 12.2. The van der Waals surface area contributed by atoms with Gasteiger partial charge in [-0.2, -0.15) is 0 Å². The van der Waals surface area contributed by atoms with E-state index >= 15 is 0 Å². The molecule has 0 aliphatic rings. The first-order chi connectivity index (χ1) is 7.72. The Hall–Kier alpha value is -0.570. The van der Waals surface area contributed by atoms with Crippen molar-refractivity contribution in [2.24, 2.45) is 17.1 Å². The number of rotatable bonds is 7. The van der Waals surface area contributed by atoms with Gasteiger partial charge in [0.15, 0.2) is 0 Å². The fourth-order valence-electron chi connectivity index (χ4n) is 1.74. The molecule has 1 amide bonds. The molecular formula is C14H30N2O. The number of carbonyl (C=O) groups excluding carboxylic acids is 1. The van der Waals surface area contributed by atoms with Crippen molar-refractivity contribution in [2.75, 3.05) is 6.54 Å². The lowest BCUT2D eigenvalue weighted by Gasteiger charge is -2.18. The Balaban J connectivity index is 3.58. The van der Waals surface area contributed by atoms with E-state index in [1.807, 2.05) is 0 Å². The summed E-state index contributed by atoms with van der Waals surface area (Å²) in [4.78, 5) is 11.6. The van der Waals surface area contributed by atoms with Crippen molar-refractivity contribution in [3.05, 3.63) is 0 Å². The van der Waals surface area contributed by atoms with E-state index in [0.29, 0.717) is 11.3 Å². The molecule has 0 aliphatic carbocycles. The van der Waals surface area contributed by atoms with Crippen molar-refractivity contribution in [1.29, 1.82) is 0 Å². The van der Waals surface area contributed by atoms with E-state index in [-0.39, 0.29) is 11.9 Å². The second-order valence-corrected chi connectivity index (χ2v) is 6.54. The highest BCUT2D eigenvalue weighted by molar-refractivity contribution is 5.81. The summed E-state index contributed by atoms with van der Waals surface area (Å²) in [5.41, 5.74) is 6.18. The molecular weight excluding hydrogens is 212 g/mol. The lowest BCUT2D eigenvalue weighted by molar-refractivity contribution is -0.122. The maximum Gasteiger partial charge on any atom is 0.236 e. The van der Waals surface area contributed by atoms with Gasteiger partial charge >= 0.3 is 0 Å². The van der Waals surface area contributed by atoms with Crippen LogP contribution in [-0.4, -0.2) is 18.5 Å². The summed E-state index contributed by atoms with van der Waals surface area (Å²) in [5.74, 6) is 0.464. The predicted molar refractivity (Wildman–Crippen MR) is 73.7 cm³/mol. The van der Waals surface area contributed by atoms with Crippen LogP contribution >= 0.6 is 0 Å². The van der Waals surface area contributed by atoms with Gasteiger partial charge in [0.2, 0.25) is 5.91 Å². The molecule has 0 saturated carbocycles. The minimum Gasteiger partial charge on any atom is -0.355 e. The van der Waals surface area contributed by atoms with Gasteiger partial charge in [-0.05, 0) is 30.6 Å². The molecule has 17 heavy (non-hydrogen) atoms. The SMILES string of the molecule is CC(C)C[C@H](N)C(=O)NCCCCC(C)(C)C. The number of nitrogens with one attached hydrogen (secondary N) is 1. The molecule has 102 valence electrons. The van der Waals surface area contributed by atoms with Crippen LogP contribution in [0.1, 0.15) is 60.3 Å². The van der Waals surface area contributed by atoms with Crippen molar-refractivity contribution in [1.82, 2.24) is 5.32 Å². The van der Waals surface area contributed by atoms with Crippen LogP contribution < -0.4 is 11.1 Å². The summed E-state index contributed by atoms with van der Waals surface area (Å²) in [6.07, 6.45) is 4.15. The molecule has 0 heterocycles. The number of amides is 1. The Kier molecular flexibility index (Phi) is 7.44. The molecule has 0 bridgehead atoms. The number of nitrogens with two attached hydrogens (primary N) is 1. The zero-order chi connectivity index (χ0) is 13.5. The maximum absolute atomic E-state index is 11.6. The number of hydrogen-bond donors (Lipinski definition) is 2. The summed E-state index contributed by atoms with van der Waals surface area (Å²) in [7, 11) is 0. The van der Waals surface area contributed by atoms with Gasteiger partial charge in [-0.15, -0.1) is 0 Å². The fourth-order valence-corrected chi connectivity index (χ4v) is 1.74. The molecule has 0 aliphatic heterocycles. The van der Waals surface area contributed by atoms with Crippen LogP contribution in [0.15, 0.2) is 0 Å². The number of hydrogen-bond acceptors (Lipinski definition) is 2. The van der Waals surface area contributed by atoms with Crippen molar-refractivity contribution >= 4 is 5.91 Å². The molecule has 3 N–H and O–H groups in total. The van der Waals surface area contributed by atoms with E-state index in [1.54, 1.807) is 0 Å². The first kappa shape index (κ1) is 16.4. The van der Waals surface area contributed by atoms with Crippen molar-refractivity contribution < 1.29 is 4.79 Å². The third-order valence-corrected chi connectivity index (χ3v) is 2.71. The molecule has 0 spiro atoms. The van der Waals surface area contributed by atoms with Crippen LogP contribution in [0.25, 0.3) is 0 Å². The topological polar surface area (TPSA) is 55.1 Å². The largest absolute Gasteiger partial charge is 0.355 e. The normalized spacial score (nSPS) is 13.8. The standard InChI is InChI=1S/C14H30N2O/c1-11(2)10-12(15)13(17)16-9-7-6-8-14(3,4)5/h11-12H,6-10,15H2,1-5H3,(H,16,17)/t12-/m0/s1. The minimum atomic E-state index is -0.349. The summed E-state index contributed by atoms with van der Waals surface area (Å²) in [5, 5.41) is 2.91. The zero-order valence-electron chi connectivity index (χ0n) is 12.2. The third-order valence-electron chi connectivity index (χ3n) is 2.71. The summed E-state index contributed by atoms with van der Waals surface area (Å²) in [6.45, 7) is 11.6. The summed E-state index contributed by atoms with van der Waals surface area (Å²) in [6, 6.07) is -0.349. The number of carbonyl (C=O) groups is 1. The molecule has 0 radical (unpaired) electrons. The molecule has 0 aromatic heterocycles. The van der Waals surface area contributed by atoms with Crippen LogP contribution in [0.5, 0.6) is 0 Å². The Labute approximate surface area is 107 Å². The van der Waals surface area contributed by atoms with E-state index in [0.717, 1.165) is 25.8 Å². The molecule has 3 nitrogen and oxygen atoms in total. The molecule has 0 rings (SSSR count). The second kappa shape index (κ2) is 7.70. The first-order valence-corrected chi connectivity index (χ1v) is 6.75. The van der Waals surface area contributed by atoms with Gasteiger partial charge in [0.25, 0.3) is 0 Å². The van der Waals surface area contributed by atoms with Gasteiger partial charge in [0.05, 0.1) is 6.04 Å². The van der Waals surface area contributed by atoms with E-state index in [2.05, 4.69) is 39.9 Å². The minimum absolute atomic E-state index is 0.00513. The van der Waals surface area contributed by atoms with Crippen LogP contribution in [0.3, 0.4) is 0 Å². The first-order valence-electron chi connectivity index (χ1n) is 6.75. The van der Waals surface area contributed by atoms with Gasteiger partial charge in [-0.1, -0.05) is 41.0 Å². The molecule has 1 atom stereocenters. The molecule has 0 aromatic carbocycles. The molecule has 0 fully saturated rings. The molecule has 0 unspecified atom stereocenters. The van der Waals surface area contributed by atoms with Gasteiger partial charge in [0, 0.05) is 6.54 Å². The second-order valence-electron chi connectivity index (χ2n) is 6.54. The van der Waals surface area contributed by atoms with Gasteiger partial charge in [0.1, 0.15) is 0 Å². The van der Waals surface area contributed by atoms with Crippen LogP contribution in [0.4, 0.5) is 0 Å². The monoisotopic (exact) mass is 242 g/mol. The quantitative estimate of drug-likeness (QED) is 0.674. The molecule has 3 heteroatoms. The van der Waals surface area contributed by atoms with Crippen molar-refractivity contribution in [3.8, 4) is 0 Å². The number of unbranched alkanes of at least 4 members (excludes halogenated alkanes) is 1. The van der Waals surface area contributed by atoms with Gasteiger partial charge in [-0.3, -0.25) is 4.79 Å². The van der Waals surface area contributed by atoms with E-state index in [9.17, 15) is 4.79 Å². The molecule has 0 aromatic rings. The average molecular weight is 242 g/mol.